The summed E-state index contributed by atoms with van der Waals surface area (Å²) in [6, 6.07) is 1.77. The van der Waals surface area contributed by atoms with Crippen molar-refractivity contribution in [2.24, 2.45) is 5.73 Å². The average molecular weight is 287 g/mol. The summed E-state index contributed by atoms with van der Waals surface area (Å²) in [6.07, 6.45) is 2.14. The molecule has 6 nitrogen and oxygen atoms in total. The topological polar surface area (TPSA) is 88.6 Å². The molecule has 1 unspecified atom stereocenters. The van der Waals surface area contributed by atoms with Gasteiger partial charge in [-0.25, -0.2) is 13.1 Å². The van der Waals surface area contributed by atoms with Crippen LogP contribution < -0.4 is 10.5 Å². The quantitative estimate of drug-likeness (QED) is 0.819. The monoisotopic (exact) mass is 287 g/mol. The van der Waals surface area contributed by atoms with Gasteiger partial charge in [-0.3, -0.25) is 0 Å². The first-order chi connectivity index (χ1) is 8.94. The molecule has 0 amide bonds. The van der Waals surface area contributed by atoms with E-state index >= 15 is 0 Å². The number of nitrogens with two attached hydrogens (primary N) is 1. The highest BCUT2D eigenvalue weighted by Gasteiger charge is 2.25. The number of likely N-dealkylation sites (N-methyl/N-ethyl adjacent to an activating group) is 1. The van der Waals surface area contributed by atoms with Gasteiger partial charge in [0.1, 0.15) is 16.4 Å². The molecular weight excluding hydrogens is 266 g/mol. The molecule has 0 aromatic carbocycles. The van der Waals surface area contributed by atoms with Gasteiger partial charge in [-0.15, -0.1) is 0 Å². The van der Waals surface area contributed by atoms with Crippen molar-refractivity contribution in [2.75, 3.05) is 20.1 Å². The van der Waals surface area contributed by atoms with Crippen LogP contribution in [0.25, 0.3) is 0 Å². The number of nitrogens with zero attached hydrogens (tertiary/aromatic N) is 1. The lowest BCUT2D eigenvalue weighted by molar-refractivity contribution is 0.310. The van der Waals surface area contributed by atoms with Gasteiger partial charge in [0.25, 0.3) is 0 Å². The Bertz CT molecular complexity index is 538. The highest BCUT2D eigenvalue weighted by atomic mass is 32.2. The lowest BCUT2D eigenvalue weighted by atomic mass is 10.2. The smallest absolute Gasteiger partial charge is 0.244 e. The molecule has 0 saturated carbocycles. The molecule has 0 aliphatic carbocycles. The Morgan fingerprint density at radius 1 is 1.58 bits per heavy atom. The number of hydrogen-bond acceptors (Lipinski definition) is 5. The number of sulfonamides is 1. The molecule has 108 valence electrons. The largest absolute Gasteiger partial charge is 0.464 e. The molecule has 1 aromatic heterocycles. The van der Waals surface area contributed by atoms with Crippen LogP contribution in [0, 0.1) is 6.92 Å². The molecule has 2 rings (SSSR count). The second-order valence-corrected chi connectivity index (χ2v) is 6.70. The van der Waals surface area contributed by atoms with E-state index in [-0.39, 0.29) is 17.5 Å². The van der Waals surface area contributed by atoms with Crippen LogP contribution in [0.3, 0.4) is 0 Å². The van der Waals surface area contributed by atoms with Crippen LogP contribution in [-0.4, -0.2) is 39.5 Å². The van der Waals surface area contributed by atoms with Crippen LogP contribution in [0.1, 0.15) is 24.4 Å². The van der Waals surface area contributed by atoms with Crippen LogP contribution in [-0.2, 0) is 16.6 Å². The molecule has 1 fully saturated rings. The van der Waals surface area contributed by atoms with Gasteiger partial charge >= 0.3 is 0 Å². The van der Waals surface area contributed by atoms with Crippen LogP contribution >= 0.6 is 0 Å². The Labute approximate surface area is 114 Å². The van der Waals surface area contributed by atoms with Gasteiger partial charge < -0.3 is 15.1 Å². The summed E-state index contributed by atoms with van der Waals surface area (Å²) in [6.45, 7) is 3.28. The fraction of sp³-hybridized carbons (Fsp3) is 0.667. The van der Waals surface area contributed by atoms with Crippen molar-refractivity contribution < 1.29 is 12.8 Å². The van der Waals surface area contributed by atoms with Gasteiger partial charge in [-0.2, -0.15) is 0 Å². The molecule has 2 heterocycles. The van der Waals surface area contributed by atoms with Crippen molar-refractivity contribution >= 4 is 10.0 Å². The van der Waals surface area contributed by atoms with Crippen molar-refractivity contribution in [3.63, 3.8) is 0 Å². The molecule has 3 N–H and O–H groups in total. The van der Waals surface area contributed by atoms with E-state index in [1.54, 1.807) is 6.92 Å². The fourth-order valence-electron chi connectivity index (χ4n) is 2.41. The third kappa shape index (κ3) is 3.17. The predicted molar refractivity (Wildman–Crippen MR) is 72.2 cm³/mol. The zero-order valence-corrected chi connectivity index (χ0v) is 12.2. The summed E-state index contributed by atoms with van der Waals surface area (Å²) in [4.78, 5) is 2.37. The summed E-state index contributed by atoms with van der Waals surface area (Å²) in [5.74, 6) is 0.864. The molecule has 1 aromatic rings. The third-order valence-corrected chi connectivity index (χ3v) is 5.13. The van der Waals surface area contributed by atoms with E-state index < -0.39 is 10.0 Å². The minimum Gasteiger partial charge on any atom is -0.464 e. The molecule has 1 aliphatic heterocycles. The Balaban J connectivity index is 2.07. The second-order valence-electron chi connectivity index (χ2n) is 4.97. The number of nitrogens with one attached hydrogen (secondary N) is 1. The zero-order chi connectivity index (χ0) is 14.0. The minimum absolute atomic E-state index is 0.189. The van der Waals surface area contributed by atoms with E-state index in [2.05, 4.69) is 9.62 Å². The van der Waals surface area contributed by atoms with Gasteiger partial charge in [0, 0.05) is 18.7 Å². The highest BCUT2D eigenvalue weighted by molar-refractivity contribution is 7.89. The van der Waals surface area contributed by atoms with Crippen molar-refractivity contribution in [2.45, 2.75) is 37.2 Å². The zero-order valence-electron chi connectivity index (χ0n) is 11.3. The highest BCUT2D eigenvalue weighted by Crippen LogP contribution is 2.20. The van der Waals surface area contributed by atoms with Crippen LogP contribution in [0.2, 0.25) is 0 Å². The Kier molecular flexibility index (Phi) is 4.29. The first-order valence-electron chi connectivity index (χ1n) is 6.43. The van der Waals surface area contributed by atoms with Gasteiger partial charge in [0.15, 0.2) is 0 Å². The predicted octanol–water partition coefficient (Wildman–Crippen LogP) is 0.419. The lowest BCUT2D eigenvalue weighted by Gasteiger charge is -2.19. The van der Waals surface area contributed by atoms with E-state index in [0.717, 1.165) is 19.4 Å². The summed E-state index contributed by atoms with van der Waals surface area (Å²) < 4.78 is 32.4. The first kappa shape index (κ1) is 14.5. The Hall–Kier alpha value is -0.890. The van der Waals surface area contributed by atoms with Crippen LogP contribution in [0.15, 0.2) is 15.4 Å². The standard InChI is InChI=1S/C12H21N3O3S/c1-9-12(6-11(7-13)18-9)19(16,17)14-8-10-4-3-5-15(10)2/h6,10,14H,3-5,7-8,13H2,1-2H3. The van der Waals surface area contributed by atoms with E-state index in [1.165, 1.54) is 6.07 Å². The van der Waals surface area contributed by atoms with Gasteiger partial charge in [-0.1, -0.05) is 0 Å². The van der Waals surface area contributed by atoms with Gasteiger partial charge in [-0.05, 0) is 33.4 Å². The number of rotatable bonds is 5. The number of aryl methyl sites for hydroxylation is 1. The van der Waals surface area contributed by atoms with E-state index in [1.807, 2.05) is 7.05 Å². The SMILES string of the molecule is Cc1oc(CN)cc1S(=O)(=O)NCC1CCCN1C. The molecule has 1 atom stereocenters. The van der Waals surface area contributed by atoms with E-state index in [4.69, 9.17) is 10.2 Å². The summed E-state index contributed by atoms with van der Waals surface area (Å²) >= 11 is 0. The van der Waals surface area contributed by atoms with Crippen molar-refractivity contribution in [1.29, 1.82) is 0 Å². The second kappa shape index (κ2) is 5.62. The molecular formula is C12H21N3O3S. The Morgan fingerprint density at radius 3 is 2.84 bits per heavy atom. The summed E-state index contributed by atoms with van der Waals surface area (Å²) in [5, 5.41) is 0. The van der Waals surface area contributed by atoms with Crippen molar-refractivity contribution in [3.05, 3.63) is 17.6 Å². The number of likely N-dealkylation sites (tertiary alicyclic amines) is 1. The van der Waals surface area contributed by atoms with E-state index in [9.17, 15) is 8.42 Å². The maximum atomic E-state index is 12.2. The molecule has 1 saturated heterocycles. The van der Waals surface area contributed by atoms with Crippen molar-refractivity contribution in [3.8, 4) is 0 Å². The molecule has 0 radical (unpaired) electrons. The number of furan rings is 1. The average Bonchev–Trinajstić information content (AvgIpc) is 2.93. The maximum Gasteiger partial charge on any atom is 0.244 e. The lowest BCUT2D eigenvalue weighted by Crippen LogP contribution is -2.38. The fourth-order valence-corrected chi connectivity index (χ4v) is 3.69. The maximum absolute atomic E-state index is 12.2. The molecule has 0 spiro atoms. The van der Waals surface area contributed by atoms with Crippen molar-refractivity contribution in [1.82, 2.24) is 9.62 Å². The molecule has 1 aliphatic rings. The normalized spacial score (nSPS) is 21.1. The molecule has 0 bridgehead atoms. The van der Waals surface area contributed by atoms with Crippen LogP contribution in [0.4, 0.5) is 0 Å². The minimum atomic E-state index is -3.52. The van der Waals surface area contributed by atoms with Crippen LogP contribution in [0.5, 0.6) is 0 Å². The molecule has 19 heavy (non-hydrogen) atoms. The first-order valence-corrected chi connectivity index (χ1v) is 7.91. The van der Waals surface area contributed by atoms with E-state index in [0.29, 0.717) is 18.1 Å². The summed E-state index contributed by atoms with van der Waals surface area (Å²) in [5.41, 5.74) is 5.45. The third-order valence-electron chi connectivity index (χ3n) is 3.59. The van der Waals surface area contributed by atoms with Gasteiger partial charge in [0.2, 0.25) is 10.0 Å². The van der Waals surface area contributed by atoms with Gasteiger partial charge in [0.05, 0.1) is 6.54 Å². The molecule has 7 heteroatoms. The summed E-state index contributed by atoms with van der Waals surface area (Å²) in [7, 11) is -1.50. The number of hydrogen-bond donors (Lipinski definition) is 2. The Morgan fingerprint density at radius 2 is 2.32 bits per heavy atom.